The summed E-state index contributed by atoms with van der Waals surface area (Å²) >= 11 is 1.57. The molecule has 0 saturated carbocycles. The van der Waals surface area contributed by atoms with E-state index in [9.17, 15) is 19.5 Å². The van der Waals surface area contributed by atoms with Gasteiger partial charge in [-0.05, 0) is 59.6 Å². The molecule has 0 unspecified atom stereocenters. The van der Waals surface area contributed by atoms with E-state index in [0.717, 1.165) is 32.9 Å². The first kappa shape index (κ1) is 50.4. The van der Waals surface area contributed by atoms with E-state index >= 15 is 0 Å². The van der Waals surface area contributed by atoms with E-state index < -0.39 is 35.4 Å². The van der Waals surface area contributed by atoms with E-state index in [1.807, 2.05) is 76.2 Å². The Bertz CT molecular complexity index is 2710. The number of amides is 3. The van der Waals surface area contributed by atoms with Gasteiger partial charge in [-0.1, -0.05) is 68.9 Å². The Morgan fingerprint density at radius 2 is 1.68 bits per heavy atom. The van der Waals surface area contributed by atoms with Crippen LogP contribution in [0.15, 0.2) is 72.5 Å². The lowest BCUT2D eigenvalue weighted by atomic mass is 9.85. The lowest BCUT2D eigenvalue weighted by Gasteiger charge is -2.35. The number of thiazole rings is 1. The fourth-order valence-electron chi connectivity index (χ4n) is 7.12. The monoisotopic (exact) mass is 941 g/mol. The first-order chi connectivity index (χ1) is 32.8. The number of anilines is 2. The maximum absolute atomic E-state index is 13.9. The van der Waals surface area contributed by atoms with Crippen LogP contribution in [-0.2, 0) is 35.1 Å². The zero-order chi connectivity index (χ0) is 48.5. The fraction of sp³-hybridized carbons (Fsp3) is 0.373. The molecule has 6 rings (SSSR count). The quantitative estimate of drug-likeness (QED) is 0.0600. The highest BCUT2D eigenvalue weighted by atomic mass is 32.1. The molecule has 3 atom stereocenters. The molecule has 1 fully saturated rings. The molecule has 1 saturated heterocycles. The summed E-state index contributed by atoms with van der Waals surface area (Å²) in [5, 5.41) is 20.2. The van der Waals surface area contributed by atoms with Crippen LogP contribution in [-0.4, -0.2) is 121 Å². The number of methoxy groups -OCH3 is 1. The predicted molar refractivity (Wildman–Crippen MR) is 259 cm³/mol. The van der Waals surface area contributed by atoms with E-state index in [1.165, 1.54) is 11.2 Å². The zero-order valence-electron chi connectivity index (χ0n) is 38.7. The average Bonchev–Trinajstić information content (AvgIpc) is 3.95. The number of hydrogen-bond donors (Lipinski definition) is 4. The number of aryl methyl sites for hydroxylation is 1. The second-order valence-corrected chi connectivity index (χ2v) is 17.5. The minimum Gasteiger partial charge on any atom is -0.487 e. The molecule has 0 spiro atoms. The van der Waals surface area contributed by atoms with E-state index in [4.69, 9.17) is 30.1 Å². The molecule has 1 aliphatic rings. The normalized spacial score (nSPS) is 14.7. The zero-order valence-corrected chi connectivity index (χ0v) is 39.5. The van der Waals surface area contributed by atoms with Crippen LogP contribution in [0.5, 0.6) is 11.5 Å². The van der Waals surface area contributed by atoms with E-state index in [0.29, 0.717) is 41.4 Å². The van der Waals surface area contributed by atoms with Crippen molar-refractivity contribution in [2.45, 2.75) is 58.8 Å². The maximum Gasteiger partial charge on any atom is 0.246 e. The van der Waals surface area contributed by atoms with Crippen LogP contribution in [0.4, 0.5) is 11.5 Å². The third kappa shape index (κ3) is 14.2. The number of fused-ring (bicyclic) bond motifs is 1. The summed E-state index contributed by atoms with van der Waals surface area (Å²) in [5.41, 5.74) is 6.11. The third-order valence-corrected chi connectivity index (χ3v) is 11.5. The van der Waals surface area contributed by atoms with Gasteiger partial charge < -0.3 is 49.6 Å². The molecule has 3 aromatic carbocycles. The molecule has 0 aliphatic carbocycles. The molecule has 3 amide bonds. The van der Waals surface area contributed by atoms with Crippen LogP contribution in [0.1, 0.15) is 44.0 Å². The van der Waals surface area contributed by atoms with Crippen molar-refractivity contribution in [1.82, 2.24) is 30.5 Å². The van der Waals surface area contributed by atoms with Gasteiger partial charge >= 0.3 is 0 Å². The summed E-state index contributed by atoms with van der Waals surface area (Å²) in [6.07, 6.45) is 6.24. The van der Waals surface area contributed by atoms with Crippen LogP contribution in [0.3, 0.4) is 0 Å². The van der Waals surface area contributed by atoms with E-state index in [1.54, 1.807) is 36.1 Å². The number of carbonyl (C=O) groups excluding carboxylic acids is 3. The van der Waals surface area contributed by atoms with Gasteiger partial charge in [-0.25, -0.2) is 15.0 Å². The molecule has 16 nitrogen and oxygen atoms in total. The molecule has 68 heavy (non-hydrogen) atoms. The second kappa shape index (κ2) is 24.6. The summed E-state index contributed by atoms with van der Waals surface area (Å²) in [6, 6.07) is 17.0. The molecule has 17 heteroatoms. The summed E-state index contributed by atoms with van der Waals surface area (Å²) in [6.45, 7) is 8.35. The van der Waals surface area contributed by atoms with Crippen molar-refractivity contribution in [1.29, 1.82) is 0 Å². The topological polar surface area (TPSA) is 196 Å². The van der Waals surface area contributed by atoms with Gasteiger partial charge in [0, 0.05) is 49.3 Å². The molecule has 5 aromatic rings. The summed E-state index contributed by atoms with van der Waals surface area (Å²) in [4.78, 5) is 56.0. The van der Waals surface area contributed by atoms with Crippen molar-refractivity contribution in [3.63, 3.8) is 0 Å². The summed E-state index contributed by atoms with van der Waals surface area (Å²) in [7, 11) is 1.59. The number of terminal acetylenes is 1. The lowest BCUT2D eigenvalue weighted by Crippen LogP contribution is -2.58. The Morgan fingerprint density at radius 3 is 2.38 bits per heavy atom. The summed E-state index contributed by atoms with van der Waals surface area (Å²) in [5.74, 6) is 13.7. The number of aliphatic hydroxyl groups excluding tert-OH is 1. The Morgan fingerprint density at radius 1 is 0.941 bits per heavy atom. The Labute approximate surface area is 400 Å². The molecule has 1 aliphatic heterocycles. The number of rotatable bonds is 20. The second-order valence-electron chi connectivity index (χ2n) is 16.7. The Kier molecular flexibility index (Phi) is 18.3. The van der Waals surface area contributed by atoms with Gasteiger partial charge in [-0.15, -0.1) is 17.8 Å². The molecule has 4 N–H and O–H groups in total. The minimum absolute atomic E-state index is 0.0354. The number of ether oxygens (including phenoxy) is 5. The third-order valence-electron chi connectivity index (χ3n) is 10.6. The highest BCUT2D eigenvalue weighted by molar-refractivity contribution is 7.13. The average molecular weight is 942 g/mol. The number of aliphatic hydroxyl groups is 1. The van der Waals surface area contributed by atoms with Gasteiger partial charge in [-0.3, -0.25) is 14.4 Å². The maximum atomic E-state index is 13.9. The highest BCUT2D eigenvalue weighted by Crippen LogP contribution is 2.35. The van der Waals surface area contributed by atoms with Crippen LogP contribution in [0, 0.1) is 48.4 Å². The number of nitrogens with one attached hydrogen (secondary N) is 3. The van der Waals surface area contributed by atoms with Gasteiger partial charge in [0.2, 0.25) is 17.7 Å². The van der Waals surface area contributed by atoms with Crippen LogP contribution in [0.25, 0.3) is 21.3 Å². The first-order valence-electron chi connectivity index (χ1n) is 21.9. The summed E-state index contributed by atoms with van der Waals surface area (Å²) < 4.78 is 28.2. The predicted octanol–water partition coefficient (Wildman–Crippen LogP) is 5.04. The standard InChI is InChI=1S/C51H55N7O9S/c1-7-35-13-12-14-38(25-35)56-48-40-27-43(44(66-23-21-63-6)28-41(40)53-32-54-48)67-24-22-64-19-10-8-9-11-20-65-31-45(60)57-47(51(3,4)5)50(62)58-30-39(59)26-42(58)49(61)52-29-36-15-17-37(18-16-36)46-34(2)55-33-68-46/h1,12-18,25,27-28,32-33,39,42,47,59H,19-24,26,29-31H2,2-6H3,(H,52,61)(H,57,60)(H,53,54,56)/t39-,42+,47-/m1/s1. The van der Waals surface area contributed by atoms with Crippen LogP contribution >= 0.6 is 11.3 Å². The molecule has 0 radical (unpaired) electrons. The number of aromatic nitrogens is 3. The smallest absolute Gasteiger partial charge is 0.246 e. The van der Waals surface area contributed by atoms with Gasteiger partial charge in [-0.2, -0.15) is 0 Å². The lowest BCUT2D eigenvalue weighted by molar-refractivity contribution is -0.144. The molecule has 3 heterocycles. The van der Waals surface area contributed by atoms with Crippen LogP contribution < -0.4 is 25.4 Å². The Balaban J connectivity index is 0.929. The van der Waals surface area contributed by atoms with Crippen molar-refractivity contribution in [2.24, 2.45) is 5.41 Å². The molecule has 354 valence electrons. The van der Waals surface area contributed by atoms with Crippen molar-refractivity contribution in [3.8, 4) is 58.0 Å². The van der Waals surface area contributed by atoms with Crippen LogP contribution in [0.2, 0.25) is 0 Å². The minimum atomic E-state index is -0.998. The molecule has 2 aromatic heterocycles. The van der Waals surface area contributed by atoms with Gasteiger partial charge in [0.05, 0.1) is 40.9 Å². The van der Waals surface area contributed by atoms with Gasteiger partial charge in [0.1, 0.15) is 57.3 Å². The fourth-order valence-corrected chi connectivity index (χ4v) is 7.93. The number of nitrogens with zero attached hydrogens (tertiary/aromatic N) is 4. The number of carbonyl (C=O) groups is 3. The largest absolute Gasteiger partial charge is 0.487 e. The molecule has 0 bridgehead atoms. The number of likely N-dealkylation sites (tertiary alicyclic amines) is 1. The van der Waals surface area contributed by atoms with Crippen molar-refractivity contribution in [3.05, 3.63) is 89.3 Å². The Hall–Kier alpha value is -7.04. The number of benzene rings is 3. The van der Waals surface area contributed by atoms with Crippen molar-refractivity contribution < 1.29 is 43.2 Å². The van der Waals surface area contributed by atoms with Crippen molar-refractivity contribution >= 4 is 51.5 Å². The number of hydrogen-bond acceptors (Lipinski definition) is 14. The highest BCUT2D eigenvalue weighted by Gasteiger charge is 2.44. The van der Waals surface area contributed by atoms with Gasteiger partial charge in [0.25, 0.3) is 0 Å². The molecular weight excluding hydrogens is 887 g/mol. The van der Waals surface area contributed by atoms with E-state index in [2.05, 4.69) is 60.5 Å². The van der Waals surface area contributed by atoms with Crippen molar-refractivity contribution in [2.75, 3.05) is 65.2 Å². The molecular formula is C51H55N7O9S. The SMILES string of the molecule is C#Cc1cccc(Nc2ncnc3cc(OCCOC)c(OCCOCC#CC#CCOCC(=O)N[C@H](C(=O)N4C[C@H](O)C[C@H]4C(=O)NCc4ccc(-c5scnc5C)cc4)C(C)(C)C)cc23)c1. The number of β-amino-alcohol motifs (C(OH)–C–C–N with tert-alkyl or cyclic N) is 1. The van der Waals surface area contributed by atoms with E-state index in [-0.39, 0.29) is 58.5 Å². The van der Waals surface area contributed by atoms with Gasteiger partial charge in [0.15, 0.2) is 11.5 Å². The first-order valence-corrected chi connectivity index (χ1v) is 22.8.